The summed E-state index contributed by atoms with van der Waals surface area (Å²) < 4.78 is 93.2. The number of nitro benzene ring substituents is 1. The number of hydrogen-bond acceptors (Lipinski definition) is 10. The van der Waals surface area contributed by atoms with E-state index in [-0.39, 0.29) is 13.2 Å². The van der Waals surface area contributed by atoms with E-state index in [0.29, 0.717) is 24.3 Å². The van der Waals surface area contributed by atoms with Gasteiger partial charge in [0.25, 0.3) is 14.7 Å². The molecule has 0 radical (unpaired) electrons. The first-order valence-corrected chi connectivity index (χ1v) is 15.5. The molecule has 1 N–H and O–H groups in total. The van der Waals surface area contributed by atoms with E-state index in [1.807, 2.05) is 0 Å². The number of nitriles is 3. The van der Waals surface area contributed by atoms with Crippen LogP contribution in [0.25, 0.3) is 22.3 Å². The van der Waals surface area contributed by atoms with E-state index < -0.39 is 94.4 Å². The Balaban J connectivity index is 2.43. The lowest BCUT2D eigenvalue weighted by Crippen LogP contribution is -2.08. The van der Waals surface area contributed by atoms with E-state index in [2.05, 4.69) is 5.09 Å². The normalized spacial score (nSPS) is 11.3. The van der Waals surface area contributed by atoms with Crippen molar-refractivity contribution in [3.05, 3.63) is 74.6 Å². The lowest BCUT2D eigenvalue weighted by atomic mass is 9.91. The monoisotopic (exact) mass is 653 g/mol. The second-order valence-corrected chi connectivity index (χ2v) is 12.5. The zero-order valence-corrected chi connectivity index (χ0v) is 24.3. The zero-order valence-electron chi connectivity index (χ0n) is 21.8. The van der Waals surface area contributed by atoms with Crippen molar-refractivity contribution in [2.75, 3.05) is 18.3 Å². The van der Waals surface area contributed by atoms with E-state index in [1.165, 1.54) is 26.0 Å². The number of anilines is 1. The Hall–Kier alpha value is -4.49. The first-order valence-electron chi connectivity index (χ1n) is 11.7. The Labute approximate surface area is 246 Å². The Morgan fingerprint density at radius 3 is 1.95 bits per heavy atom. The Morgan fingerprint density at radius 2 is 1.47 bits per heavy atom. The van der Waals surface area contributed by atoms with Crippen molar-refractivity contribution in [1.29, 1.82) is 15.8 Å². The summed E-state index contributed by atoms with van der Waals surface area (Å²) in [5, 5.41) is 43.0. The quantitative estimate of drug-likeness (QED) is 0.109. The first-order chi connectivity index (χ1) is 20.2. The third kappa shape index (κ3) is 6.62. The van der Waals surface area contributed by atoms with Crippen molar-refractivity contribution in [2.24, 2.45) is 0 Å². The molecule has 12 nitrogen and oxygen atoms in total. The van der Waals surface area contributed by atoms with Gasteiger partial charge in [-0.3, -0.25) is 24.2 Å². The smallest absolute Gasteiger partial charge is 0.293 e. The fourth-order valence-electron chi connectivity index (χ4n) is 3.99. The highest BCUT2D eigenvalue weighted by molar-refractivity contribution is 8.13. The minimum atomic E-state index is -4.72. The Kier molecular flexibility index (Phi) is 9.83. The molecule has 0 saturated heterocycles. The fourth-order valence-corrected chi connectivity index (χ4v) is 6.37. The molecule has 0 aliphatic rings. The topological polar surface area (TPSA) is 196 Å². The average Bonchev–Trinajstić information content (AvgIpc) is 2.92. The number of benzene rings is 3. The van der Waals surface area contributed by atoms with Gasteiger partial charge in [-0.05, 0) is 44.2 Å². The summed E-state index contributed by atoms with van der Waals surface area (Å²) in [6.07, 6.45) is 0. The van der Waals surface area contributed by atoms with E-state index in [1.54, 1.807) is 6.07 Å². The SMILES string of the molecule is CCOP(=O)(Nc1cc(-c2c(F)cc(-c3cc(S(=O)(=O)Cl)c(C#N)cc3F)c([N+](=O)[O-])c2C#N)c(F)cc1C#N)OCC. The summed E-state index contributed by atoms with van der Waals surface area (Å²) in [4.78, 5) is 10.0. The standard InChI is InChI=1S/C25H16ClF3N5O7PS/c1-3-40-42(37,41-4-2)33-22-8-17(20(28)5-13(22)10-30)24-18(12-32)25(34(35)36)16(7-21(24)29)15-9-23(43(26,38)39)14(11-31)6-19(15)27/h5-9H,3-4H2,1-2H3,(H,33,37). The molecule has 43 heavy (non-hydrogen) atoms. The molecule has 0 saturated carbocycles. The van der Waals surface area contributed by atoms with E-state index in [4.69, 9.17) is 19.7 Å². The van der Waals surface area contributed by atoms with E-state index in [9.17, 15) is 38.9 Å². The maximum absolute atomic E-state index is 15.7. The third-order valence-corrected chi connectivity index (χ3v) is 8.71. The Morgan fingerprint density at radius 1 is 0.907 bits per heavy atom. The van der Waals surface area contributed by atoms with Gasteiger partial charge in [-0.2, -0.15) is 15.8 Å². The second kappa shape index (κ2) is 12.8. The maximum Gasteiger partial charge on any atom is 0.432 e. The van der Waals surface area contributed by atoms with Gasteiger partial charge >= 0.3 is 7.75 Å². The maximum atomic E-state index is 15.7. The van der Waals surface area contributed by atoms with Crippen LogP contribution in [-0.2, 0) is 22.7 Å². The molecule has 0 aromatic heterocycles. The highest BCUT2D eigenvalue weighted by atomic mass is 35.7. The molecule has 0 aliphatic heterocycles. The van der Waals surface area contributed by atoms with Gasteiger partial charge in [-0.25, -0.2) is 26.2 Å². The summed E-state index contributed by atoms with van der Waals surface area (Å²) in [5.74, 6) is -4.25. The molecule has 0 amide bonds. The van der Waals surface area contributed by atoms with Crippen LogP contribution in [0, 0.1) is 61.6 Å². The average molecular weight is 654 g/mol. The molecule has 0 fully saturated rings. The number of halogens is 4. The van der Waals surface area contributed by atoms with Crippen molar-refractivity contribution in [3.8, 4) is 40.5 Å². The summed E-state index contributed by atoms with van der Waals surface area (Å²) in [5.41, 5.74) is -7.65. The number of hydrogen-bond donors (Lipinski definition) is 1. The van der Waals surface area contributed by atoms with Crippen LogP contribution in [0.5, 0.6) is 0 Å². The summed E-state index contributed by atoms with van der Waals surface area (Å²) in [6.45, 7) is 2.71. The van der Waals surface area contributed by atoms with Crippen LogP contribution in [0.1, 0.15) is 30.5 Å². The Bertz CT molecular complexity index is 1950. The van der Waals surface area contributed by atoms with Gasteiger partial charge in [0, 0.05) is 27.4 Å². The van der Waals surface area contributed by atoms with Crippen LogP contribution in [0.2, 0.25) is 0 Å². The van der Waals surface area contributed by atoms with Gasteiger partial charge < -0.3 is 0 Å². The molecule has 0 heterocycles. The minimum absolute atomic E-state index is 0.125. The molecule has 3 aromatic rings. The van der Waals surface area contributed by atoms with Crippen LogP contribution in [0.4, 0.5) is 24.5 Å². The number of nitro groups is 1. The van der Waals surface area contributed by atoms with Crippen molar-refractivity contribution >= 4 is 38.9 Å². The molecular formula is C25H16ClF3N5O7PS. The molecule has 222 valence electrons. The highest BCUT2D eigenvalue weighted by Crippen LogP contribution is 2.50. The first kappa shape index (κ1) is 33.0. The number of rotatable bonds is 10. The predicted molar refractivity (Wildman–Crippen MR) is 146 cm³/mol. The van der Waals surface area contributed by atoms with E-state index in [0.717, 1.165) is 6.07 Å². The largest absolute Gasteiger partial charge is 0.432 e. The van der Waals surface area contributed by atoms with Crippen LogP contribution in [-0.4, -0.2) is 26.6 Å². The molecule has 0 aliphatic carbocycles. The van der Waals surface area contributed by atoms with Gasteiger partial charge in [-0.1, -0.05) is 0 Å². The molecule has 0 bridgehead atoms. The van der Waals surface area contributed by atoms with Gasteiger partial charge in [0.1, 0.15) is 46.1 Å². The van der Waals surface area contributed by atoms with Crippen LogP contribution in [0.15, 0.2) is 35.2 Å². The number of nitrogens with zero attached hydrogens (tertiary/aromatic N) is 4. The van der Waals surface area contributed by atoms with Gasteiger partial charge in [0.2, 0.25) is 0 Å². The van der Waals surface area contributed by atoms with Gasteiger partial charge in [0.15, 0.2) is 0 Å². The van der Waals surface area contributed by atoms with Crippen molar-refractivity contribution in [3.63, 3.8) is 0 Å². The summed E-state index contributed by atoms with van der Waals surface area (Å²) in [7, 11) is -3.55. The predicted octanol–water partition coefficient (Wildman–Crippen LogP) is 6.48. The molecule has 3 rings (SSSR count). The lowest BCUT2D eigenvalue weighted by Gasteiger charge is -2.20. The highest BCUT2D eigenvalue weighted by Gasteiger charge is 2.33. The van der Waals surface area contributed by atoms with Gasteiger partial charge in [-0.15, -0.1) is 0 Å². The molecule has 18 heteroatoms. The van der Waals surface area contributed by atoms with Crippen molar-refractivity contribution < 1.29 is 40.1 Å². The van der Waals surface area contributed by atoms with Crippen LogP contribution >= 0.6 is 18.4 Å². The summed E-state index contributed by atoms with van der Waals surface area (Å²) >= 11 is 0. The van der Waals surface area contributed by atoms with Crippen molar-refractivity contribution in [2.45, 2.75) is 18.7 Å². The third-order valence-electron chi connectivity index (χ3n) is 5.64. The van der Waals surface area contributed by atoms with Crippen LogP contribution < -0.4 is 5.09 Å². The van der Waals surface area contributed by atoms with E-state index >= 15 is 13.2 Å². The van der Waals surface area contributed by atoms with Gasteiger partial charge in [0.05, 0.1) is 40.5 Å². The fraction of sp³-hybridized carbons (Fsp3) is 0.160. The second-order valence-electron chi connectivity index (χ2n) is 8.19. The molecule has 0 unspecified atom stereocenters. The number of nitrogens with one attached hydrogen (secondary N) is 1. The van der Waals surface area contributed by atoms with Crippen LogP contribution in [0.3, 0.4) is 0 Å². The molecular weight excluding hydrogens is 638 g/mol. The van der Waals surface area contributed by atoms with Crippen molar-refractivity contribution in [1.82, 2.24) is 0 Å². The lowest BCUT2D eigenvalue weighted by molar-refractivity contribution is -0.384. The molecule has 0 spiro atoms. The zero-order chi connectivity index (χ0) is 32.3. The summed E-state index contributed by atoms with van der Waals surface area (Å²) in [6, 6.07) is 6.98. The minimum Gasteiger partial charge on any atom is -0.293 e. The molecule has 3 aromatic carbocycles. The molecule has 0 atom stereocenters.